The third kappa shape index (κ3) is 22.8. The zero-order valence-electron chi connectivity index (χ0n) is 22.2. The third-order valence-electron chi connectivity index (χ3n) is 6.01. The molecule has 0 aromatic heterocycles. The second kappa shape index (κ2) is 23.0. The highest BCUT2D eigenvalue weighted by molar-refractivity contribution is 7.86. The first-order chi connectivity index (χ1) is 16.8. The van der Waals surface area contributed by atoms with Gasteiger partial charge in [0, 0.05) is 12.2 Å². The molecule has 1 atom stereocenters. The molecule has 0 saturated heterocycles. The van der Waals surface area contributed by atoms with Crippen LogP contribution in [-0.4, -0.2) is 37.0 Å². The summed E-state index contributed by atoms with van der Waals surface area (Å²) < 4.78 is 40.5. The first kappa shape index (κ1) is 33.6. The third-order valence-corrected chi connectivity index (χ3v) is 7.10. The minimum atomic E-state index is -4.48. The van der Waals surface area contributed by atoms with E-state index in [0.29, 0.717) is 0 Å². The van der Waals surface area contributed by atoms with Crippen LogP contribution in [-0.2, 0) is 29.2 Å². The molecule has 0 amide bonds. The van der Waals surface area contributed by atoms with Crippen LogP contribution in [0.3, 0.4) is 0 Å². The van der Waals surface area contributed by atoms with Crippen LogP contribution in [0.4, 0.5) is 0 Å². The molecule has 8 heteroatoms. The SMILES string of the molecule is CCCCCCCCCCCCCCCCCCCCOC(=O)/C=C\C(=O)OC(CC)S(=O)(=O)O. The number of carbonyl (C=O) groups excluding carboxylic acids is 2. The number of hydrogen-bond acceptors (Lipinski definition) is 6. The van der Waals surface area contributed by atoms with E-state index >= 15 is 0 Å². The second-order valence-electron chi connectivity index (χ2n) is 9.30. The highest BCUT2D eigenvalue weighted by Crippen LogP contribution is 2.14. The Kier molecular flexibility index (Phi) is 22.1. The Bertz CT molecular complexity index is 658. The predicted octanol–water partition coefficient (Wildman–Crippen LogP) is 7.29. The van der Waals surface area contributed by atoms with Crippen LogP contribution in [0, 0.1) is 0 Å². The molecular weight excluding hydrogens is 468 g/mol. The van der Waals surface area contributed by atoms with Crippen molar-refractivity contribution < 1.29 is 32.0 Å². The van der Waals surface area contributed by atoms with Gasteiger partial charge >= 0.3 is 22.1 Å². The van der Waals surface area contributed by atoms with Gasteiger partial charge in [0.15, 0.2) is 0 Å². The molecule has 0 rings (SSSR count). The van der Waals surface area contributed by atoms with Gasteiger partial charge in [0.1, 0.15) is 0 Å². The van der Waals surface area contributed by atoms with E-state index in [2.05, 4.69) is 11.7 Å². The zero-order valence-corrected chi connectivity index (χ0v) is 23.0. The number of esters is 2. The molecule has 0 fully saturated rings. The van der Waals surface area contributed by atoms with Crippen LogP contribution in [0.25, 0.3) is 0 Å². The van der Waals surface area contributed by atoms with Crippen molar-refractivity contribution in [3.8, 4) is 0 Å². The Morgan fingerprint density at radius 1 is 0.657 bits per heavy atom. The number of ether oxygens (including phenoxy) is 2. The molecule has 1 unspecified atom stereocenters. The van der Waals surface area contributed by atoms with Gasteiger partial charge in [-0.3, -0.25) is 4.55 Å². The molecule has 0 aliphatic rings. The van der Waals surface area contributed by atoms with Gasteiger partial charge in [-0.1, -0.05) is 123 Å². The van der Waals surface area contributed by atoms with E-state index < -0.39 is 27.5 Å². The Balaban J connectivity index is 3.46. The van der Waals surface area contributed by atoms with E-state index in [4.69, 9.17) is 9.29 Å². The Morgan fingerprint density at radius 2 is 1.03 bits per heavy atom. The van der Waals surface area contributed by atoms with E-state index in [1.54, 1.807) is 0 Å². The van der Waals surface area contributed by atoms with Gasteiger partial charge in [0.2, 0.25) is 5.44 Å². The summed E-state index contributed by atoms with van der Waals surface area (Å²) in [6, 6.07) is 0. The van der Waals surface area contributed by atoms with E-state index in [9.17, 15) is 18.0 Å². The number of unbranched alkanes of at least 4 members (excludes halogenated alkanes) is 17. The van der Waals surface area contributed by atoms with Crippen LogP contribution in [0.5, 0.6) is 0 Å². The van der Waals surface area contributed by atoms with Gasteiger partial charge in [0.25, 0.3) is 0 Å². The lowest BCUT2D eigenvalue weighted by atomic mass is 10.0. The van der Waals surface area contributed by atoms with Gasteiger partial charge in [-0.15, -0.1) is 0 Å². The van der Waals surface area contributed by atoms with Crippen molar-refractivity contribution in [1.29, 1.82) is 0 Å². The topological polar surface area (TPSA) is 107 Å². The van der Waals surface area contributed by atoms with Crippen LogP contribution in [0.2, 0.25) is 0 Å². The highest BCUT2D eigenvalue weighted by atomic mass is 32.2. The smallest absolute Gasteiger partial charge is 0.332 e. The van der Waals surface area contributed by atoms with Crippen LogP contribution < -0.4 is 0 Å². The van der Waals surface area contributed by atoms with Crippen molar-refractivity contribution in [3.05, 3.63) is 12.2 Å². The summed E-state index contributed by atoms with van der Waals surface area (Å²) in [4.78, 5) is 23.1. The maximum Gasteiger partial charge on any atom is 0.332 e. The van der Waals surface area contributed by atoms with Crippen LogP contribution in [0.15, 0.2) is 12.2 Å². The largest absolute Gasteiger partial charge is 0.463 e. The van der Waals surface area contributed by atoms with Crippen molar-refractivity contribution in [2.24, 2.45) is 0 Å². The monoisotopic (exact) mass is 518 g/mol. The molecule has 0 aliphatic heterocycles. The van der Waals surface area contributed by atoms with Crippen molar-refractivity contribution >= 4 is 22.1 Å². The fraction of sp³-hybridized carbons (Fsp3) is 0.852. The van der Waals surface area contributed by atoms with Crippen molar-refractivity contribution in [1.82, 2.24) is 0 Å². The second-order valence-corrected chi connectivity index (χ2v) is 10.9. The maximum atomic E-state index is 11.6. The summed E-state index contributed by atoms with van der Waals surface area (Å²) in [6.07, 6.45) is 24.8. The molecule has 35 heavy (non-hydrogen) atoms. The summed E-state index contributed by atoms with van der Waals surface area (Å²) in [6.45, 7) is 3.99. The Hall–Kier alpha value is -1.41. The molecular formula is C27H50O7S. The molecule has 0 saturated carbocycles. The first-order valence-corrected chi connectivity index (χ1v) is 15.3. The average Bonchev–Trinajstić information content (AvgIpc) is 2.81. The normalized spacial score (nSPS) is 12.7. The highest BCUT2D eigenvalue weighted by Gasteiger charge is 2.24. The summed E-state index contributed by atoms with van der Waals surface area (Å²) in [5, 5.41) is 0. The number of hydrogen-bond donors (Lipinski definition) is 1. The van der Waals surface area contributed by atoms with E-state index in [-0.39, 0.29) is 13.0 Å². The molecule has 0 aromatic rings. The van der Waals surface area contributed by atoms with Crippen LogP contribution >= 0.6 is 0 Å². The van der Waals surface area contributed by atoms with E-state index in [1.165, 1.54) is 103 Å². The van der Waals surface area contributed by atoms with Gasteiger partial charge in [-0.25, -0.2) is 9.59 Å². The van der Waals surface area contributed by atoms with Gasteiger partial charge in [-0.2, -0.15) is 8.42 Å². The zero-order chi connectivity index (χ0) is 26.2. The summed E-state index contributed by atoms with van der Waals surface area (Å²) in [5.74, 6) is -1.71. The standard InChI is InChI=1S/C27H50O7S/c1-3-5-6-7-8-9-10-11-12-13-14-15-16-17-18-19-20-21-24-33-25(28)22-23-26(29)34-27(4-2)35(30,31)32/h22-23,27H,3-21,24H2,1-2H3,(H,30,31,32)/b23-22-. The minimum Gasteiger partial charge on any atom is -0.463 e. The van der Waals surface area contributed by atoms with E-state index in [1.807, 2.05) is 0 Å². The minimum absolute atomic E-state index is 0.0950. The van der Waals surface area contributed by atoms with Gasteiger partial charge in [-0.05, 0) is 12.8 Å². The lowest BCUT2D eigenvalue weighted by Gasteiger charge is -2.10. The average molecular weight is 519 g/mol. The molecule has 0 bridgehead atoms. The fourth-order valence-corrected chi connectivity index (χ4v) is 4.52. The molecule has 7 nitrogen and oxygen atoms in total. The summed E-state index contributed by atoms with van der Waals surface area (Å²) in [7, 11) is -4.48. The van der Waals surface area contributed by atoms with Crippen molar-refractivity contribution in [2.75, 3.05) is 6.61 Å². The lowest BCUT2D eigenvalue weighted by molar-refractivity contribution is -0.141. The van der Waals surface area contributed by atoms with Crippen molar-refractivity contribution in [2.45, 2.75) is 141 Å². The Morgan fingerprint density at radius 3 is 1.40 bits per heavy atom. The number of rotatable bonds is 24. The fourth-order valence-electron chi connectivity index (χ4n) is 3.88. The summed E-state index contributed by atoms with van der Waals surface area (Å²) >= 11 is 0. The summed E-state index contributed by atoms with van der Waals surface area (Å²) in [5.41, 5.74) is -1.64. The molecule has 0 radical (unpaired) electrons. The number of carbonyl (C=O) groups is 2. The lowest BCUT2D eigenvalue weighted by Crippen LogP contribution is -2.25. The molecule has 0 heterocycles. The quantitative estimate of drug-likeness (QED) is 0.0618. The van der Waals surface area contributed by atoms with Gasteiger partial charge < -0.3 is 9.47 Å². The van der Waals surface area contributed by atoms with Crippen molar-refractivity contribution in [3.63, 3.8) is 0 Å². The Labute approximate surface area is 214 Å². The maximum absolute atomic E-state index is 11.6. The molecule has 1 N–H and O–H groups in total. The van der Waals surface area contributed by atoms with Crippen LogP contribution in [0.1, 0.15) is 136 Å². The first-order valence-electron chi connectivity index (χ1n) is 13.8. The molecule has 0 aliphatic carbocycles. The predicted molar refractivity (Wildman–Crippen MR) is 141 cm³/mol. The molecule has 0 spiro atoms. The molecule has 206 valence electrons. The molecule has 0 aromatic carbocycles. The van der Waals surface area contributed by atoms with Gasteiger partial charge in [0.05, 0.1) is 6.61 Å². The van der Waals surface area contributed by atoms with E-state index in [0.717, 1.165) is 31.4 Å².